The van der Waals surface area contributed by atoms with E-state index in [1.54, 1.807) is 53.1 Å². The Morgan fingerprint density at radius 1 is 0.830 bits per heavy atom. The molecule has 1 atom stereocenters. The van der Waals surface area contributed by atoms with E-state index in [1.807, 2.05) is 61.5 Å². The highest BCUT2D eigenvalue weighted by atomic mass is 35.5. The second-order valence-corrected chi connectivity index (χ2v) is 12.4. The zero-order valence-electron chi connectivity index (χ0n) is 25.2. The lowest BCUT2D eigenvalue weighted by Crippen LogP contribution is -2.30. The normalized spacial score (nSPS) is 12.2. The molecule has 2 N–H and O–H groups in total. The fraction of sp³-hybridized carbons (Fsp3) is 0.0789. The van der Waals surface area contributed by atoms with Crippen LogP contribution in [0.3, 0.4) is 0 Å². The van der Waals surface area contributed by atoms with Crippen LogP contribution in [0, 0.1) is 5.82 Å². The number of aromatic nitrogens is 1. The maximum atomic E-state index is 14.7. The molecule has 0 aliphatic rings. The van der Waals surface area contributed by atoms with Crippen molar-refractivity contribution in [1.29, 1.82) is 0 Å². The molecule has 1 heterocycles. The molecular formula is C38H29ClFN3O3S. The summed E-state index contributed by atoms with van der Waals surface area (Å²) >= 11 is 7.64. The molecule has 0 aliphatic heterocycles. The quantitative estimate of drug-likeness (QED) is 0.120. The Bertz CT molecular complexity index is 2090. The predicted octanol–water partition coefficient (Wildman–Crippen LogP) is 9.21. The van der Waals surface area contributed by atoms with Gasteiger partial charge in [0.2, 0.25) is 5.91 Å². The lowest BCUT2D eigenvalue weighted by atomic mass is 10.1. The fourth-order valence-electron chi connectivity index (χ4n) is 5.36. The smallest absolute Gasteiger partial charge is 0.272 e. The second-order valence-electron chi connectivity index (χ2n) is 10.7. The van der Waals surface area contributed by atoms with Crippen LogP contribution in [0.25, 0.3) is 27.9 Å². The minimum Gasteiger partial charge on any atom is -0.321 e. The number of thioether (sulfide) groups is 1. The van der Waals surface area contributed by atoms with E-state index in [9.17, 15) is 18.8 Å². The van der Waals surface area contributed by atoms with E-state index in [-0.39, 0.29) is 22.2 Å². The van der Waals surface area contributed by atoms with Gasteiger partial charge in [0.25, 0.3) is 11.8 Å². The van der Waals surface area contributed by atoms with Gasteiger partial charge in [-0.25, -0.2) is 4.39 Å². The van der Waals surface area contributed by atoms with Gasteiger partial charge in [0.05, 0.1) is 21.3 Å². The molecule has 2 amide bonds. The summed E-state index contributed by atoms with van der Waals surface area (Å²) in [6.45, 7) is 1.97. The van der Waals surface area contributed by atoms with Crippen molar-refractivity contribution < 1.29 is 18.8 Å². The van der Waals surface area contributed by atoms with Gasteiger partial charge in [-0.2, -0.15) is 0 Å². The summed E-state index contributed by atoms with van der Waals surface area (Å²) in [4.78, 5) is 41.4. The Kier molecular flexibility index (Phi) is 9.52. The van der Waals surface area contributed by atoms with Crippen LogP contribution in [0.2, 0.25) is 5.02 Å². The minimum absolute atomic E-state index is 0.0358. The van der Waals surface area contributed by atoms with E-state index in [0.29, 0.717) is 17.7 Å². The third-order valence-electron chi connectivity index (χ3n) is 7.63. The third kappa shape index (κ3) is 6.84. The minimum atomic E-state index is -0.677. The first-order chi connectivity index (χ1) is 22.8. The number of hydrogen-bond acceptors (Lipinski definition) is 4. The molecule has 47 heavy (non-hydrogen) atoms. The van der Waals surface area contributed by atoms with E-state index in [1.165, 1.54) is 36.0 Å². The summed E-state index contributed by atoms with van der Waals surface area (Å²) in [6.07, 6.45) is 1.78. The Morgan fingerprint density at radius 2 is 1.47 bits per heavy atom. The third-order valence-corrected chi connectivity index (χ3v) is 9.31. The maximum absolute atomic E-state index is 14.7. The number of nitrogens with zero attached hydrogens (tertiary/aromatic N) is 1. The number of halogens is 2. The lowest BCUT2D eigenvalue weighted by Gasteiger charge is -2.17. The summed E-state index contributed by atoms with van der Waals surface area (Å²) < 4.78 is 16.5. The molecule has 0 spiro atoms. The highest BCUT2D eigenvalue weighted by Gasteiger charge is 2.24. The van der Waals surface area contributed by atoms with Crippen LogP contribution < -0.4 is 10.6 Å². The van der Waals surface area contributed by atoms with Crippen LogP contribution in [0.5, 0.6) is 0 Å². The molecule has 0 aliphatic carbocycles. The summed E-state index contributed by atoms with van der Waals surface area (Å²) in [5, 5.41) is 7.11. The molecule has 6 rings (SSSR count). The zero-order chi connectivity index (χ0) is 32.9. The predicted molar refractivity (Wildman–Crippen MR) is 188 cm³/mol. The molecule has 0 radical (unpaired) electrons. The highest BCUT2D eigenvalue weighted by molar-refractivity contribution is 8.00. The number of carbonyl (C=O) groups is 3. The van der Waals surface area contributed by atoms with Crippen molar-refractivity contribution in [2.75, 3.05) is 5.32 Å². The van der Waals surface area contributed by atoms with Crippen molar-refractivity contribution in [3.8, 4) is 0 Å². The van der Waals surface area contributed by atoms with Crippen LogP contribution in [-0.2, 0) is 4.79 Å². The Labute approximate surface area is 280 Å². The number of nitrogens with one attached hydrogen (secondary N) is 2. The molecule has 0 saturated carbocycles. The highest BCUT2D eigenvalue weighted by Crippen LogP contribution is 2.34. The van der Waals surface area contributed by atoms with Crippen LogP contribution >= 0.6 is 23.4 Å². The molecule has 0 saturated heterocycles. The number of hydrogen-bond donors (Lipinski definition) is 2. The van der Waals surface area contributed by atoms with Crippen LogP contribution in [0.15, 0.2) is 132 Å². The van der Waals surface area contributed by atoms with Gasteiger partial charge < -0.3 is 10.6 Å². The van der Waals surface area contributed by atoms with Crippen LogP contribution in [0.1, 0.15) is 34.1 Å². The molecular weight excluding hydrogens is 633 g/mol. The monoisotopic (exact) mass is 661 g/mol. The standard InChI is InChI=1S/C38H29ClFN3O3S/c1-2-35(38(46)43-33-20-8-6-16-27(33)28-17-7-9-21-34(28)43)47-26-15-10-14-25(22-26)41-37(45)32(23-29-30(39)18-11-19-31(29)40)42-36(44)24-12-4-3-5-13-24/h3-23,35H,2H2,1H3,(H,41,45)(H,42,44)/b32-23-. The van der Waals surface area contributed by atoms with Crippen molar-refractivity contribution in [2.45, 2.75) is 23.5 Å². The molecule has 1 aromatic heterocycles. The Morgan fingerprint density at radius 3 is 2.13 bits per heavy atom. The van der Waals surface area contributed by atoms with E-state index in [4.69, 9.17) is 11.6 Å². The van der Waals surface area contributed by atoms with Gasteiger partial charge in [0, 0.05) is 32.5 Å². The van der Waals surface area contributed by atoms with Gasteiger partial charge in [-0.15, -0.1) is 11.8 Å². The zero-order valence-corrected chi connectivity index (χ0v) is 26.8. The molecule has 0 fully saturated rings. The molecule has 1 unspecified atom stereocenters. The summed E-state index contributed by atoms with van der Waals surface area (Å²) in [6, 6.07) is 35.4. The summed E-state index contributed by atoms with van der Waals surface area (Å²) in [5.41, 5.74) is 2.22. The van der Waals surface area contributed by atoms with Crippen molar-refractivity contribution in [3.63, 3.8) is 0 Å². The molecule has 5 aromatic carbocycles. The first-order valence-electron chi connectivity index (χ1n) is 15.0. The fourth-order valence-corrected chi connectivity index (χ4v) is 6.63. The van der Waals surface area contributed by atoms with Gasteiger partial charge in [-0.3, -0.25) is 19.0 Å². The average molecular weight is 662 g/mol. The number of anilines is 1. The van der Waals surface area contributed by atoms with Gasteiger partial charge in [0.15, 0.2) is 0 Å². The van der Waals surface area contributed by atoms with E-state index in [2.05, 4.69) is 10.6 Å². The van der Waals surface area contributed by atoms with Crippen molar-refractivity contribution in [3.05, 3.63) is 149 Å². The molecule has 0 bridgehead atoms. The van der Waals surface area contributed by atoms with Gasteiger partial charge in [-0.05, 0) is 67.1 Å². The average Bonchev–Trinajstić information content (AvgIpc) is 3.43. The number of fused-ring (bicyclic) bond motifs is 3. The van der Waals surface area contributed by atoms with E-state index < -0.39 is 22.9 Å². The van der Waals surface area contributed by atoms with Crippen LogP contribution in [-0.4, -0.2) is 27.5 Å². The SMILES string of the molecule is CCC(Sc1cccc(NC(=O)/C(=C/c2c(F)cccc2Cl)NC(=O)c2ccccc2)c1)C(=O)n1c2ccccc2c2ccccc21. The van der Waals surface area contributed by atoms with E-state index in [0.717, 1.165) is 26.7 Å². The number of benzene rings is 5. The lowest BCUT2D eigenvalue weighted by molar-refractivity contribution is -0.113. The molecule has 6 nitrogen and oxygen atoms in total. The number of rotatable bonds is 9. The van der Waals surface area contributed by atoms with Crippen LogP contribution in [0.4, 0.5) is 10.1 Å². The molecule has 9 heteroatoms. The molecule has 6 aromatic rings. The molecule has 234 valence electrons. The summed E-state index contributed by atoms with van der Waals surface area (Å²) in [7, 11) is 0. The number of para-hydroxylation sites is 2. The largest absolute Gasteiger partial charge is 0.321 e. The summed E-state index contributed by atoms with van der Waals surface area (Å²) in [5.74, 6) is -1.91. The van der Waals surface area contributed by atoms with Gasteiger partial charge >= 0.3 is 0 Å². The van der Waals surface area contributed by atoms with Gasteiger partial charge in [0.1, 0.15) is 11.5 Å². The Hall–Kier alpha value is -5.18. The van der Waals surface area contributed by atoms with Crippen molar-refractivity contribution >= 4 is 74.7 Å². The van der Waals surface area contributed by atoms with Gasteiger partial charge in [-0.1, -0.05) is 85.3 Å². The first-order valence-corrected chi connectivity index (χ1v) is 16.2. The van der Waals surface area contributed by atoms with E-state index >= 15 is 0 Å². The number of carbonyl (C=O) groups excluding carboxylic acids is 3. The maximum Gasteiger partial charge on any atom is 0.272 e. The Balaban J connectivity index is 1.26. The first kappa shape index (κ1) is 31.8. The topological polar surface area (TPSA) is 80.2 Å². The number of amides is 2. The second kappa shape index (κ2) is 14.1. The van der Waals surface area contributed by atoms with Crippen molar-refractivity contribution in [2.24, 2.45) is 0 Å². The van der Waals surface area contributed by atoms with Crippen molar-refractivity contribution in [1.82, 2.24) is 9.88 Å².